The Balaban J connectivity index is 1.34. The van der Waals surface area contributed by atoms with Crippen LogP contribution < -0.4 is 10.2 Å². The molecule has 0 saturated carbocycles. The summed E-state index contributed by atoms with van der Waals surface area (Å²) in [6, 6.07) is 18.9. The Morgan fingerprint density at radius 2 is 1.75 bits per heavy atom. The van der Waals surface area contributed by atoms with E-state index in [-0.39, 0.29) is 18.7 Å². The molecular formula is C31H36N4O5. The lowest BCUT2D eigenvalue weighted by molar-refractivity contribution is -0.185. The average molecular weight is 545 g/mol. The first kappa shape index (κ1) is 27.9. The van der Waals surface area contributed by atoms with Crippen LogP contribution in [0.15, 0.2) is 54.1 Å². The summed E-state index contributed by atoms with van der Waals surface area (Å²) in [7, 11) is 1.91. The summed E-state index contributed by atoms with van der Waals surface area (Å²) < 4.78 is 7.31. The van der Waals surface area contributed by atoms with E-state index >= 15 is 0 Å². The average Bonchev–Trinajstić information content (AvgIpc) is 3.36. The molecule has 2 saturated heterocycles. The Kier molecular flexibility index (Phi) is 8.24. The summed E-state index contributed by atoms with van der Waals surface area (Å²) in [6.07, 6.45) is -1.02. The Morgan fingerprint density at radius 3 is 2.50 bits per heavy atom. The van der Waals surface area contributed by atoms with E-state index in [1.807, 2.05) is 29.8 Å². The number of aromatic nitrogens is 1. The molecule has 2 aliphatic rings. The normalized spacial score (nSPS) is 23.9. The van der Waals surface area contributed by atoms with Crippen molar-refractivity contribution in [3.05, 3.63) is 59.8 Å². The maximum absolute atomic E-state index is 12.9. The standard InChI is InChI=1S/C31H36N4O5/c1-19(24(16-32)31(39)33-17-28-30(38)29(37)27(36)18-40-28)25-10-11-26(34(25)2)22-7-6-21-15-23(9-8-20(21)14-22)35-12-4-3-5-13-35/h6-11,14-15,27-30,36-38H,3-5,12-13,17-18H2,1-2H3,(H,33,39)/b24-19+/t27-,28+,29+,30+/m0/s1. The lowest BCUT2D eigenvalue weighted by Gasteiger charge is -2.35. The minimum Gasteiger partial charge on any atom is -0.388 e. The van der Waals surface area contributed by atoms with Gasteiger partial charge < -0.3 is 34.8 Å². The van der Waals surface area contributed by atoms with Crippen LogP contribution in [-0.2, 0) is 16.6 Å². The molecule has 3 aromatic rings. The number of carbonyl (C=O) groups is 1. The largest absolute Gasteiger partial charge is 0.388 e. The third kappa shape index (κ3) is 5.49. The first-order valence-electron chi connectivity index (χ1n) is 13.8. The molecule has 0 spiro atoms. The minimum absolute atomic E-state index is 0.0533. The second-order valence-electron chi connectivity index (χ2n) is 10.7. The number of allylic oxidation sites excluding steroid dienone is 1. The Morgan fingerprint density at radius 1 is 1.02 bits per heavy atom. The number of fused-ring (bicyclic) bond motifs is 1. The highest BCUT2D eigenvalue weighted by Gasteiger charge is 2.37. The van der Waals surface area contributed by atoms with Crippen LogP contribution in [-0.4, -0.2) is 76.5 Å². The molecule has 0 bridgehead atoms. The molecule has 2 aliphatic heterocycles. The summed E-state index contributed by atoms with van der Waals surface area (Å²) in [5, 5.41) is 44.4. The second-order valence-corrected chi connectivity index (χ2v) is 10.7. The summed E-state index contributed by atoms with van der Waals surface area (Å²) in [4.78, 5) is 15.4. The number of aliphatic hydroxyl groups excluding tert-OH is 3. The Bertz CT molecular complexity index is 1470. The molecule has 5 rings (SSSR count). The van der Waals surface area contributed by atoms with Crippen LogP contribution in [0.3, 0.4) is 0 Å². The fourth-order valence-corrected chi connectivity index (χ4v) is 5.68. The fourth-order valence-electron chi connectivity index (χ4n) is 5.68. The smallest absolute Gasteiger partial charge is 0.262 e. The Labute approximate surface area is 233 Å². The lowest BCUT2D eigenvalue weighted by Crippen LogP contribution is -2.56. The SMILES string of the molecule is C/C(=C(/C#N)C(=O)NC[C@H]1OC[C@H](O)[C@@H](O)[C@@H]1O)c1ccc(-c2ccc3cc(N4CCCCC4)ccc3c2)n1C. The predicted molar refractivity (Wildman–Crippen MR) is 153 cm³/mol. The highest BCUT2D eigenvalue weighted by atomic mass is 16.5. The van der Waals surface area contributed by atoms with Crippen molar-refractivity contribution >= 4 is 27.9 Å². The second kappa shape index (κ2) is 11.8. The number of carbonyl (C=O) groups excluding carboxylic acids is 1. The third-order valence-electron chi connectivity index (χ3n) is 8.13. The Hall–Kier alpha value is -3.68. The summed E-state index contributed by atoms with van der Waals surface area (Å²) in [5.41, 5.74) is 4.45. The van der Waals surface area contributed by atoms with Gasteiger partial charge in [-0.2, -0.15) is 5.26 Å². The van der Waals surface area contributed by atoms with E-state index in [2.05, 4.69) is 46.6 Å². The molecule has 3 heterocycles. The molecule has 0 radical (unpaired) electrons. The monoisotopic (exact) mass is 544 g/mol. The molecule has 9 nitrogen and oxygen atoms in total. The predicted octanol–water partition coefficient (Wildman–Crippen LogP) is 2.73. The van der Waals surface area contributed by atoms with Gasteiger partial charge in [-0.1, -0.05) is 18.2 Å². The van der Waals surface area contributed by atoms with Gasteiger partial charge in [-0.15, -0.1) is 0 Å². The number of amides is 1. The number of ether oxygens (including phenoxy) is 1. The van der Waals surface area contributed by atoms with Gasteiger partial charge in [-0.3, -0.25) is 4.79 Å². The molecule has 0 aliphatic carbocycles. The first-order valence-corrected chi connectivity index (χ1v) is 13.8. The molecule has 40 heavy (non-hydrogen) atoms. The molecule has 4 atom stereocenters. The number of piperidine rings is 1. The van der Waals surface area contributed by atoms with E-state index in [4.69, 9.17) is 4.74 Å². The van der Waals surface area contributed by atoms with Gasteiger partial charge in [-0.05, 0) is 78.4 Å². The van der Waals surface area contributed by atoms with Crippen LogP contribution in [0.2, 0.25) is 0 Å². The first-order chi connectivity index (χ1) is 19.3. The lowest BCUT2D eigenvalue weighted by atomic mass is 10.00. The van der Waals surface area contributed by atoms with Crippen molar-refractivity contribution in [2.24, 2.45) is 7.05 Å². The zero-order valence-electron chi connectivity index (χ0n) is 22.9. The van der Waals surface area contributed by atoms with Gasteiger partial charge in [0.1, 0.15) is 36.1 Å². The van der Waals surface area contributed by atoms with Crippen LogP contribution >= 0.6 is 0 Å². The minimum atomic E-state index is -1.36. The topological polar surface area (TPSA) is 131 Å². The maximum Gasteiger partial charge on any atom is 0.262 e. The molecular weight excluding hydrogens is 508 g/mol. The van der Waals surface area contributed by atoms with Gasteiger partial charge in [-0.25, -0.2) is 0 Å². The van der Waals surface area contributed by atoms with Crippen molar-refractivity contribution in [2.75, 3.05) is 31.1 Å². The molecule has 210 valence electrons. The van der Waals surface area contributed by atoms with Gasteiger partial charge in [0.25, 0.3) is 5.91 Å². The van der Waals surface area contributed by atoms with Gasteiger partial charge >= 0.3 is 0 Å². The van der Waals surface area contributed by atoms with E-state index in [1.165, 1.54) is 30.3 Å². The number of benzene rings is 2. The number of nitrogens with one attached hydrogen (secondary N) is 1. The number of rotatable bonds is 6. The van der Waals surface area contributed by atoms with E-state index in [9.17, 15) is 25.4 Å². The van der Waals surface area contributed by atoms with Crippen LogP contribution in [0, 0.1) is 11.3 Å². The summed E-state index contributed by atoms with van der Waals surface area (Å²) in [5.74, 6) is -0.602. The molecule has 0 unspecified atom stereocenters. The maximum atomic E-state index is 12.9. The number of nitrogens with zero attached hydrogens (tertiary/aromatic N) is 3. The van der Waals surface area contributed by atoms with Gasteiger partial charge in [0, 0.05) is 43.8 Å². The zero-order valence-corrected chi connectivity index (χ0v) is 22.9. The molecule has 2 aromatic carbocycles. The molecule has 4 N–H and O–H groups in total. The van der Waals surface area contributed by atoms with Crippen molar-refractivity contribution in [1.29, 1.82) is 5.26 Å². The van der Waals surface area contributed by atoms with Crippen LogP contribution in [0.5, 0.6) is 0 Å². The number of anilines is 1. The van der Waals surface area contributed by atoms with Crippen molar-refractivity contribution in [2.45, 2.75) is 50.6 Å². The summed E-state index contributed by atoms with van der Waals surface area (Å²) in [6.45, 7) is 3.67. The third-order valence-corrected chi connectivity index (χ3v) is 8.13. The highest BCUT2D eigenvalue weighted by molar-refractivity contribution is 6.04. The van der Waals surface area contributed by atoms with Crippen molar-refractivity contribution in [1.82, 2.24) is 9.88 Å². The quantitative estimate of drug-likeness (QED) is 0.277. The molecule has 1 aromatic heterocycles. The van der Waals surface area contributed by atoms with E-state index in [0.717, 1.165) is 35.4 Å². The van der Waals surface area contributed by atoms with E-state index < -0.39 is 30.3 Å². The van der Waals surface area contributed by atoms with Gasteiger partial charge in [0.2, 0.25) is 0 Å². The molecule has 9 heteroatoms. The number of nitriles is 1. The van der Waals surface area contributed by atoms with Crippen LogP contribution in [0.4, 0.5) is 5.69 Å². The van der Waals surface area contributed by atoms with E-state index in [1.54, 1.807) is 6.92 Å². The number of hydrogen-bond acceptors (Lipinski definition) is 7. The van der Waals surface area contributed by atoms with Crippen LogP contribution in [0.1, 0.15) is 31.9 Å². The number of aliphatic hydroxyl groups is 3. The van der Waals surface area contributed by atoms with Crippen molar-refractivity contribution in [3.63, 3.8) is 0 Å². The van der Waals surface area contributed by atoms with Gasteiger partial charge in [0.15, 0.2) is 0 Å². The van der Waals surface area contributed by atoms with E-state index in [0.29, 0.717) is 5.57 Å². The van der Waals surface area contributed by atoms with Crippen molar-refractivity contribution in [3.8, 4) is 17.3 Å². The molecule has 2 fully saturated rings. The van der Waals surface area contributed by atoms with Crippen LogP contribution in [0.25, 0.3) is 27.6 Å². The number of hydrogen-bond donors (Lipinski definition) is 4. The fraction of sp³-hybridized carbons (Fsp3) is 0.419. The van der Waals surface area contributed by atoms with Gasteiger partial charge in [0.05, 0.1) is 6.61 Å². The highest BCUT2D eigenvalue weighted by Crippen LogP contribution is 2.31. The zero-order chi connectivity index (χ0) is 28.4. The molecule has 1 amide bonds. The van der Waals surface area contributed by atoms with Crippen molar-refractivity contribution < 1.29 is 24.9 Å². The summed E-state index contributed by atoms with van der Waals surface area (Å²) >= 11 is 0.